The van der Waals surface area contributed by atoms with Gasteiger partial charge in [-0.05, 0) is 60.9 Å². The summed E-state index contributed by atoms with van der Waals surface area (Å²) in [6.07, 6.45) is 4.63. The molecule has 0 aromatic heterocycles. The van der Waals surface area contributed by atoms with Crippen molar-refractivity contribution in [3.05, 3.63) is 34.1 Å². The van der Waals surface area contributed by atoms with Crippen LogP contribution >= 0.6 is 15.9 Å². The second-order valence-corrected chi connectivity index (χ2v) is 6.27. The minimum atomic E-state index is -0.0848. The summed E-state index contributed by atoms with van der Waals surface area (Å²) in [7, 11) is 0. The summed E-state index contributed by atoms with van der Waals surface area (Å²) in [5, 5.41) is 0. The van der Waals surface area contributed by atoms with E-state index in [4.69, 9.17) is 5.73 Å². The van der Waals surface area contributed by atoms with Crippen molar-refractivity contribution < 1.29 is 4.39 Å². The predicted molar refractivity (Wildman–Crippen MR) is 77.0 cm³/mol. The summed E-state index contributed by atoms with van der Waals surface area (Å²) in [5.41, 5.74) is 6.72. The SMILES string of the molecule is CCC1CCC(CN)C(c2cc(Br)ccc2F)C1. The smallest absolute Gasteiger partial charge is 0.126 e. The lowest BCUT2D eigenvalue weighted by molar-refractivity contribution is 0.232. The van der Waals surface area contributed by atoms with Crippen LogP contribution < -0.4 is 5.73 Å². The van der Waals surface area contributed by atoms with E-state index in [1.165, 1.54) is 12.8 Å². The summed E-state index contributed by atoms with van der Waals surface area (Å²) in [5.74, 6) is 1.34. The van der Waals surface area contributed by atoms with Crippen molar-refractivity contribution in [3.63, 3.8) is 0 Å². The third kappa shape index (κ3) is 2.94. The van der Waals surface area contributed by atoms with Crippen molar-refractivity contribution in [1.29, 1.82) is 0 Å². The normalized spacial score (nSPS) is 28.3. The average molecular weight is 314 g/mol. The molecule has 1 aromatic rings. The third-order valence-corrected chi connectivity index (χ3v) is 4.83. The highest BCUT2D eigenvalue weighted by atomic mass is 79.9. The molecule has 0 heterocycles. The van der Waals surface area contributed by atoms with E-state index in [9.17, 15) is 4.39 Å². The van der Waals surface area contributed by atoms with E-state index in [-0.39, 0.29) is 11.7 Å². The largest absolute Gasteiger partial charge is 0.330 e. The van der Waals surface area contributed by atoms with Crippen molar-refractivity contribution in [2.45, 2.75) is 38.5 Å². The molecule has 0 spiro atoms. The minimum absolute atomic E-state index is 0.0848. The number of nitrogens with two attached hydrogens (primary N) is 1. The van der Waals surface area contributed by atoms with Crippen LogP contribution in [0.4, 0.5) is 4.39 Å². The second kappa shape index (κ2) is 6.16. The monoisotopic (exact) mass is 313 g/mol. The van der Waals surface area contributed by atoms with E-state index in [1.54, 1.807) is 12.1 Å². The zero-order chi connectivity index (χ0) is 13.1. The Morgan fingerprint density at radius 2 is 2.17 bits per heavy atom. The van der Waals surface area contributed by atoms with Gasteiger partial charge >= 0.3 is 0 Å². The molecule has 0 amide bonds. The number of halogens is 2. The van der Waals surface area contributed by atoms with Crippen molar-refractivity contribution in [2.24, 2.45) is 17.6 Å². The molecule has 1 fully saturated rings. The number of hydrogen-bond donors (Lipinski definition) is 1. The van der Waals surface area contributed by atoms with Crippen LogP contribution in [0.15, 0.2) is 22.7 Å². The van der Waals surface area contributed by atoms with Gasteiger partial charge in [0.25, 0.3) is 0 Å². The minimum Gasteiger partial charge on any atom is -0.330 e. The van der Waals surface area contributed by atoms with Gasteiger partial charge in [0.05, 0.1) is 0 Å². The van der Waals surface area contributed by atoms with Crippen molar-refractivity contribution >= 4 is 15.9 Å². The fourth-order valence-corrected chi connectivity index (χ4v) is 3.53. The van der Waals surface area contributed by atoms with Gasteiger partial charge in [-0.25, -0.2) is 4.39 Å². The van der Waals surface area contributed by atoms with Gasteiger partial charge in [-0.3, -0.25) is 0 Å². The van der Waals surface area contributed by atoms with Crippen LogP contribution in [-0.2, 0) is 0 Å². The fraction of sp³-hybridized carbons (Fsp3) is 0.600. The van der Waals surface area contributed by atoms with Crippen molar-refractivity contribution in [1.82, 2.24) is 0 Å². The molecule has 18 heavy (non-hydrogen) atoms. The Hall–Kier alpha value is -0.410. The molecule has 0 bridgehead atoms. The number of hydrogen-bond acceptors (Lipinski definition) is 1. The van der Waals surface area contributed by atoms with Crippen LogP contribution in [0.1, 0.15) is 44.1 Å². The first kappa shape index (κ1) is 14.0. The molecule has 1 aromatic carbocycles. The molecule has 100 valence electrons. The summed E-state index contributed by atoms with van der Waals surface area (Å²) in [4.78, 5) is 0. The van der Waals surface area contributed by atoms with Gasteiger partial charge in [0, 0.05) is 4.47 Å². The maximum absolute atomic E-state index is 14.0. The molecule has 2 N–H and O–H groups in total. The number of benzene rings is 1. The Morgan fingerprint density at radius 1 is 1.39 bits per heavy atom. The molecule has 3 atom stereocenters. The molecule has 3 unspecified atom stereocenters. The number of rotatable bonds is 3. The van der Waals surface area contributed by atoms with Crippen molar-refractivity contribution in [3.8, 4) is 0 Å². The van der Waals surface area contributed by atoms with Gasteiger partial charge in [0.15, 0.2) is 0 Å². The molecule has 2 rings (SSSR count). The molecule has 0 radical (unpaired) electrons. The highest BCUT2D eigenvalue weighted by molar-refractivity contribution is 9.10. The van der Waals surface area contributed by atoms with E-state index >= 15 is 0 Å². The van der Waals surface area contributed by atoms with Crippen LogP contribution in [-0.4, -0.2) is 6.54 Å². The Kier molecular flexibility index (Phi) is 4.79. The molecular weight excluding hydrogens is 293 g/mol. The summed E-state index contributed by atoms with van der Waals surface area (Å²) in [6.45, 7) is 2.88. The Labute approximate surface area is 117 Å². The Morgan fingerprint density at radius 3 is 2.83 bits per heavy atom. The fourth-order valence-electron chi connectivity index (χ4n) is 3.15. The zero-order valence-electron chi connectivity index (χ0n) is 10.8. The third-order valence-electron chi connectivity index (χ3n) is 4.34. The first-order valence-electron chi connectivity index (χ1n) is 6.80. The molecule has 1 nitrogen and oxygen atoms in total. The highest BCUT2D eigenvalue weighted by Gasteiger charge is 2.31. The van der Waals surface area contributed by atoms with Crippen molar-refractivity contribution in [2.75, 3.05) is 6.54 Å². The lowest BCUT2D eigenvalue weighted by Gasteiger charge is -2.36. The van der Waals surface area contributed by atoms with E-state index < -0.39 is 0 Å². The molecular formula is C15H21BrFN. The van der Waals surface area contributed by atoms with E-state index in [0.717, 1.165) is 28.8 Å². The molecule has 3 heteroatoms. The van der Waals surface area contributed by atoms with E-state index in [2.05, 4.69) is 22.9 Å². The van der Waals surface area contributed by atoms with E-state index in [1.807, 2.05) is 6.07 Å². The van der Waals surface area contributed by atoms with Crippen LogP contribution in [0, 0.1) is 17.7 Å². The zero-order valence-corrected chi connectivity index (χ0v) is 12.4. The Balaban J connectivity index is 2.29. The van der Waals surface area contributed by atoms with Crippen LogP contribution in [0.5, 0.6) is 0 Å². The summed E-state index contributed by atoms with van der Waals surface area (Å²) < 4.78 is 15.0. The van der Waals surface area contributed by atoms with Gasteiger partial charge in [0.1, 0.15) is 5.82 Å². The summed E-state index contributed by atoms with van der Waals surface area (Å²) in [6, 6.07) is 5.25. The average Bonchev–Trinajstić information content (AvgIpc) is 2.40. The van der Waals surface area contributed by atoms with Crippen LogP contribution in [0.2, 0.25) is 0 Å². The second-order valence-electron chi connectivity index (χ2n) is 5.36. The van der Waals surface area contributed by atoms with E-state index in [0.29, 0.717) is 12.5 Å². The molecule has 0 aliphatic heterocycles. The lowest BCUT2D eigenvalue weighted by atomic mass is 9.70. The topological polar surface area (TPSA) is 26.0 Å². The van der Waals surface area contributed by atoms with Gasteiger partial charge in [-0.2, -0.15) is 0 Å². The van der Waals surface area contributed by atoms with Gasteiger partial charge in [0.2, 0.25) is 0 Å². The van der Waals surface area contributed by atoms with Gasteiger partial charge in [-0.15, -0.1) is 0 Å². The quantitative estimate of drug-likeness (QED) is 0.876. The summed E-state index contributed by atoms with van der Waals surface area (Å²) >= 11 is 3.44. The first-order valence-corrected chi connectivity index (χ1v) is 7.60. The molecule has 0 saturated heterocycles. The Bertz CT molecular complexity index is 407. The van der Waals surface area contributed by atoms with Gasteiger partial charge in [-0.1, -0.05) is 35.7 Å². The molecule has 1 aliphatic carbocycles. The van der Waals surface area contributed by atoms with Crippen LogP contribution in [0.25, 0.3) is 0 Å². The maximum Gasteiger partial charge on any atom is 0.126 e. The predicted octanol–water partition coefficient (Wildman–Crippen LogP) is 4.46. The maximum atomic E-state index is 14.0. The lowest BCUT2D eigenvalue weighted by Crippen LogP contribution is -2.29. The molecule has 1 aliphatic rings. The first-order chi connectivity index (χ1) is 8.65. The van der Waals surface area contributed by atoms with Gasteiger partial charge < -0.3 is 5.73 Å². The molecule has 1 saturated carbocycles. The highest BCUT2D eigenvalue weighted by Crippen LogP contribution is 2.42. The standard InChI is InChI=1S/C15H21BrFN/c1-2-10-3-4-11(9-18)13(7-10)14-8-12(16)5-6-15(14)17/h5-6,8,10-11,13H,2-4,7,9,18H2,1H3. The van der Waals surface area contributed by atoms with Crippen LogP contribution in [0.3, 0.4) is 0 Å².